The van der Waals surface area contributed by atoms with Crippen LogP contribution in [0.1, 0.15) is 26.7 Å². The van der Waals surface area contributed by atoms with E-state index in [1.807, 2.05) is 0 Å². The molecule has 3 fully saturated rings. The smallest absolute Gasteiger partial charge is 0.176 e. The molecule has 0 aromatic rings. The fourth-order valence-electron chi connectivity index (χ4n) is 3.31. The number of nitrogens with zero attached hydrogens (tertiary/aromatic N) is 1. The molecule has 1 saturated carbocycles. The molecule has 0 aromatic carbocycles. The number of likely N-dealkylation sites (N-methyl/N-ethyl adjacent to an activating group) is 1. The third-order valence-corrected chi connectivity index (χ3v) is 4.70. The lowest BCUT2D eigenvalue weighted by atomic mass is 9.94. The maximum Gasteiger partial charge on any atom is 0.176 e. The van der Waals surface area contributed by atoms with E-state index in [9.17, 15) is 5.11 Å². The number of hydrogen-bond donors (Lipinski definition) is 2. The molecule has 2 heterocycles. The summed E-state index contributed by atoms with van der Waals surface area (Å²) in [5, 5.41) is 14.2. The van der Waals surface area contributed by atoms with Crippen LogP contribution in [0.2, 0.25) is 0 Å². The van der Waals surface area contributed by atoms with E-state index >= 15 is 0 Å². The second-order valence-corrected chi connectivity index (χ2v) is 5.96. The zero-order valence-electron chi connectivity index (χ0n) is 11.9. The molecule has 3 rings (SSSR count). The van der Waals surface area contributed by atoms with Crippen LogP contribution in [0.5, 0.6) is 0 Å². The first-order valence-corrected chi connectivity index (χ1v) is 7.67. The molecule has 5 heteroatoms. The van der Waals surface area contributed by atoms with Gasteiger partial charge in [-0.3, -0.25) is 4.90 Å². The lowest BCUT2D eigenvalue weighted by Crippen LogP contribution is -2.64. The predicted octanol–water partition coefficient (Wildman–Crippen LogP) is 0.181. The summed E-state index contributed by atoms with van der Waals surface area (Å²) in [4.78, 5) is 2.24. The van der Waals surface area contributed by atoms with E-state index < -0.39 is 6.10 Å². The maximum atomic E-state index is 10.7. The van der Waals surface area contributed by atoms with Crippen LogP contribution in [-0.2, 0) is 9.47 Å². The van der Waals surface area contributed by atoms with Gasteiger partial charge in [0.1, 0.15) is 6.10 Å². The quantitative estimate of drug-likeness (QED) is 0.721. The SMILES string of the molecule is CCN(CC)[C@H]1[C@@H]2OC[C@@H](O2)[C@@H](NCC2CC2)[C@@H]1O. The Morgan fingerprint density at radius 3 is 2.63 bits per heavy atom. The largest absolute Gasteiger partial charge is 0.390 e. The topological polar surface area (TPSA) is 54.0 Å². The van der Waals surface area contributed by atoms with E-state index in [0.717, 1.165) is 25.6 Å². The van der Waals surface area contributed by atoms with Gasteiger partial charge >= 0.3 is 0 Å². The summed E-state index contributed by atoms with van der Waals surface area (Å²) in [5.41, 5.74) is 0. The van der Waals surface area contributed by atoms with E-state index in [0.29, 0.717) is 6.61 Å². The van der Waals surface area contributed by atoms with Gasteiger partial charge in [-0.15, -0.1) is 0 Å². The van der Waals surface area contributed by atoms with Crippen LogP contribution in [0.4, 0.5) is 0 Å². The molecule has 0 radical (unpaired) electrons. The average molecular weight is 270 g/mol. The Morgan fingerprint density at radius 1 is 1.26 bits per heavy atom. The Balaban J connectivity index is 1.69. The van der Waals surface area contributed by atoms with Gasteiger partial charge in [-0.05, 0) is 38.4 Å². The molecule has 2 N–H and O–H groups in total. The third kappa shape index (κ3) is 2.67. The van der Waals surface area contributed by atoms with Gasteiger partial charge < -0.3 is 19.9 Å². The molecular weight excluding hydrogens is 244 g/mol. The third-order valence-electron chi connectivity index (χ3n) is 4.70. The lowest BCUT2D eigenvalue weighted by molar-refractivity contribution is -0.181. The first-order valence-electron chi connectivity index (χ1n) is 7.67. The second kappa shape index (κ2) is 5.66. The van der Waals surface area contributed by atoms with Crippen LogP contribution in [-0.4, -0.2) is 66.8 Å². The highest BCUT2D eigenvalue weighted by Crippen LogP contribution is 2.33. The van der Waals surface area contributed by atoms with E-state index in [4.69, 9.17) is 9.47 Å². The number of rotatable bonds is 6. The van der Waals surface area contributed by atoms with Crippen molar-refractivity contribution in [2.45, 2.75) is 57.3 Å². The molecule has 1 aliphatic carbocycles. The van der Waals surface area contributed by atoms with Crippen LogP contribution in [0.3, 0.4) is 0 Å². The number of ether oxygens (including phenoxy) is 2. The highest BCUT2D eigenvalue weighted by molar-refractivity contribution is 5.01. The minimum absolute atomic E-state index is 0.00458. The van der Waals surface area contributed by atoms with Crippen molar-refractivity contribution < 1.29 is 14.6 Å². The number of aliphatic hydroxyl groups excluding tert-OH is 1. The van der Waals surface area contributed by atoms with Gasteiger partial charge in [0.05, 0.1) is 24.8 Å². The van der Waals surface area contributed by atoms with E-state index in [2.05, 4.69) is 24.1 Å². The van der Waals surface area contributed by atoms with Crippen molar-refractivity contribution in [1.82, 2.24) is 10.2 Å². The number of fused-ring (bicyclic) bond motifs is 2. The summed E-state index contributed by atoms with van der Waals surface area (Å²) in [6, 6.07) is -0.0459. The Hall–Kier alpha value is -0.200. The van der Waals surface area contributed by atoms with Crippen LogP contribution in [0.25, 0.3) is 0 Å². The van der Waals surface area contributed by atoms with Gasteiger partial charge in [-0.25, -0.2) is 0 Å². The van der Waals surface area contributed by atoms with Crippen molar-refractivity contribution in [3.05, 3.63) is 0 Å². The Morgan fingerprint density at radius 2 is 2.00 bits per heavy atom. The normalized spacial score (nSPS) is 42.0. The van der Waals surface area contributed by atoms with Crippen molar-refractivity contribution >= 4 is 0 Å². The van der Waals surface area contributed by atoms with Gasteiger partial charge in [0.25, 0.3) is 0 Å². The Kier molecular flexibility index (Phi) is 4.10. The first-order chi connectivity index (χ1) is 9.24. The first kappa shape index (κ1) is 13.8. The minimum Gasteiger partial charge on any atom is -0.390 e. The zero-order valence-corrected chi connectivity index (χ0v) is 11.9. The lowest BCUT2D eigenvalue weighted by Gasteiger charge is -2.43. The van der Waals surface area contributed by atoms with Crippen LogP contribution >= 0.6 is 0 Å². The Labute approximate surface area is 115 Å². The van der Waals surface area contributed by atoms with Crippen molar-refractivity contribution in [3.8, 4) is 0 Å². The Bertz CT molecular complexity index is 305. The molecule has 3 aliphatic rings. The van der Waals surface area contributed by atoms with Crippen LogP contribution in [0, 0.1) is 5.92 Å². The summed E-state index contributed by atoms with van der Waals surface area (Å²) in [6.07, 6.45) is 1.97. The molecule has 5 atom stereocenters. The van der Waals surface area contributed by atoms with Crippen molar-refractivity contribution in [2.75, 3.05) is 26.2 Å². The summed E-state index contributed by atoms with van der Waals surface area (Å²) in [6.45, 7) is 7.63. The zero-order chi connectivity index (χ0) is 13.4. The molecule has 0 unspecified atom stereocenters. The molecule has 2 bridgehead atoms. The molecule has 5 nitrogen and oxygen atoms in total. The predicted molar refractivity (Wildman–Crippen MR) is 71.8 cm³/mol. The van der Waals surface area contributed by atoms with Crippen LogP contribution < -0.4 is 5.32 Å². The average Bonchev–Trinajstić information content (AvgIpc) is 3.14. The van der Waals surface area contributed by atoms with Crippen molar-refractivity contribution in [2.24, 2.45) is 5.92 Å². The molecule has 110 valence electrons. The summed E-state index contributed by atoms with van der Waals surface area (Å²) < 4.78 is 11.7. The van der Waals surface area contributed by atoms with Gasteiger partial charge in [-0.2, -0.15) is 0 Å². The highest BCUT2D eigenvalue weighted by atomic mass is 16.7. The maximum absolute atomic E-state index is 10.7. The molecule has 2 saturated heterocycles. The fourth-order valence-corrected chi connectivity index (χ4v) is 3.31. The standard InChI is InChI=1S/C14H26N2O3/c1-3-16(4-2)12-13(17)11(15-7-9-5-6-9)10-8-18-14(12)19-10/h9-15,17H,3-8H2,1-2H3/t10-,11-,12-,13+,14-/m1/s1. The van der Waals surface area contributed by atoms with E-state index in [1.54, 1.807) is 0 Å². The molecule has 2 aliphatic heterocycles. The molecule has 0 aromatic heterocycles. The molecule has 19 heavy (non-hydrogen) atoms. The number of aliphatic hydroxyl groups is 1. The van der Waals surface area contributed by atoms with Crippen molar-refractivity contribution in [3.63, 3.8) is 0 Å². The molecule has 0 spiro atoms. The van der Waals surface area contributed by atoms with E-state index in [-0.39, 0.29) is 24.5 Å². The number of nitrogens with one attached hydrogen (secondary N) is 1. The molecular formula is C14H26N2O3. The van der Waals surface area contributed by atoms with Gasteiger partial charge in [-0.1, -0.05) is 13.8 Å². The summed E-state index contributed by atoms with van der Waals surface area (Å²) >= 11 is 0. The van der Waals surface area contributed by atoms with Crippen molar-refractivity contribution in [1.29, 1.82) is 0 Å². The fraction of sp³-hybridized carbons (Fsp3) is 1.00. The number of hydrogen-bond acceptors (Lipinski definition) is 5. The van der Waals surface area contributed by atoms with Crippen LogP contribution in [0.15, 0.2) is 0 Å². The molecule has 0 amide bonds. The summed E-state index contributed by atoms with van der Waals surface area (Å²) in [7, 11) is 0. The minimum atomic E-state index is -0.412. The summed E-state index contributed by atoms with van der Waals surface area (Å²) in [5.74, 6) is 0.805. The highest BCUT2D eigenvalue weighted by Gasteiger charge is 2.51. The second-order valence-electron chi connectivity index (χ2n) is 5.96. The monoisotopic (exact) mass is 270 g/mol. The van der Waals surface area contributed by atoms with Gasteiger partial charge in [0.2, 0.25) is 0 Å². The van der Waals surface area contributed by atoms with E-state index in [1.165, 1.54) is 12.8 Å². The van der Waals surface area contributed by atoms with Gasteiger partial charge in [0, 0.05) is 0 Å². The van der Waals surface area contributed by atoms with Gasteiger partial charge in [0.15, 0.2) is 6.29 Å².